The topological polar surface area (TPSA) is 84.9 Å². The molecule has 3 aromatic carbocycles. The number of amides is 1. The number of hydrogen-bond acceptors (Lipinski definition) is 5. The van der Waals surface area contributed by atoms with Gasteiger partial charge in [0, 0.05) is 18.3 Å². The molecular weight excluding hydrogens is 440 g/mol. The summed E-state index contributed by atoms with van der Waals surface area (Å²) in [6.45, 7) is 1.61. The molecule has 0 atom stereocenters. The minimum Gasteiger partial charge on any atom is -0.497 e. The van der Waals surface area contributed by atoms with Crippen LogP contribution in [0, 0.1) is 6.92 Å². The first-order chi connectivity index (χ1) is 15.8. The van der Waals surface area contributed by atoms with E-state index in [1.54, 1.807) is 43.3 Å². The Balaban J connectivity index is 1.84. The molecule has 0 bridgehead atoms. The van der Waals surface area contributed by atoms with E-state index < -0.39 is 15.9 Å². The van der Waals surface area contributed by atoms with Crippen LogP contribution in [0.5, 0.6) is 11.5 Å². The highest BCUT2D eigenvalue weighted by Crippen LogP contribution is 2.24. The number of hydrogen-bond donors (Lipinski definition) is 1. The van der Waals surface area contributed by atoms with Gasteiger partial charge in [-0.25, -0.2) is 8.42 Å². The normalized spacial score (nSPS) is 11.3. The molecule has 3 rings (SSSR count). The van der Waals surface area contributed by atoms with Crippen molar-refractivity contribution in [1.29, 1.82) is 0 Å². The summed E-state index contributed by atoms with van der Waals surface area (Å²) < 4.78 is 38.6. The maximum absolute atomic E-state index is 13.5. The van der Waals surface area contributed by atoms with Crippen molar-refractivity contribution in [1.82, 2.24) is 4.31 Å². The number of aryl methyl sites for hydroxylation is 1. The van der Waals surface area contributed by atoms with Crippen molar-refractivity contribution in [2.75, 3.05) is 32.6 Å². The number of anilines is 1. The van der Waals surface area contributed by atoms with E-state index in [9.17, 15) is 13.2 Å². The maximum atomic E-state index is 13.5. The minimum absolute atomic E-state index is 0.114. The van der Waals surface area contributed by atoms with Gasteiger partial charge in [-0.3, -0.25) is 4.79 Å². The summed E-state index contributed by atoms with van der Waals surface area (Å²) in [6, 6.07) is 21.1. The van der Waals surface area contributed by atoms with Crippen LogP contribution in [0.15, 0.2) is 77.7 Å². The van der Waals surface area contributed by atoms with Gasteiger partial charge >= 0.3 is 0 Å². The molecule has 0 heterocycles. The molecule has 1 N–H and O–H groups in total. The average molecular weight is 469 g/mol. The number of carbonyl (C=O) groups is 1. The fourth-order valence-electron chi connectivity index (χ4n) is 3.40. The number of methoxy groups -OCH3 is 2. The van der Waals surface area contributed by atoms with E-state index in [4.69, 9.17) is 9.47 Å². The third kappa shape index (κ3) is 6.34. The van der Waals surface area contributed by atoms with Crippen molar-refractivity contribution in [2.24, 2.45) is 0 Å². The summed E-state index contributed by atoms with van der Waals surface area (Å²) >= 11 is 0. The van der Waals surface area contributed by atoms with Gasteiger partial charge in [0.1, 0.15) is 11.5 Å². The van der Waals surface area contributed by atoms with Gasteiger partial charge < -0.3 is 14.8 Å². The molecule has 7 nitrogen and oxygen atoms in total. The standard InChI is InChI=1S/C25H28N2O5S/c1-19-16-23(12-13-24(19)32-3)33(29,30)27(15-14-20-8-5-4-6-9-20)18-25(28)26-21-10-7-11-22(17-21)31-2/h4-13,16-17H,14-15,18H2,1-3H3,(H,26,28). The first-order valence-corrected chi connectivity index (χ1v) is 11.9. The van der Waals surface area contributed by atoms with Crippen LogP contribution in [0.1, 0.15) is 11.1 Å². The van der Waals surface area contributed by atoms with E-state index in [1.807, 2.05) is 30.3 Å². The lowest BCUT2D eigenvalue weighted by molar-refractivity contribution is -0.116. The SMILES string of the molecule is COc1cccc(NC(=O)CN(CCc2ccccc2)S(=O)(=O)c2ccc(OC)c(C)c2)c1. The zero-order chi connectivity index (χ0) is 23.8. The third-order valence-corrected chi connectivity index (χ3v) is 7.01. The largest absolute Gasteiger partial charge is 0.497 e. The fraction of sp³-hybridized carbons (Fsp3) is 0.240. The monoisotopic (exact) mass is 468 g/mol. The van der Waals surface area contributed by atoms with Gasteiger partial charge in [-0.15, -0.1) is 0 Å². The molecule has 174 valence electrons. The van der Waals surface area contributed by atoms with Crippen LogP contribution >= 0.6 is 0 Å². The minimum atomic E-state index is -3.93. The molecule has 0 spiro atoms. The number of carbonyl (C=O) groups excluding carboxylic acids is 1. The maximum Gasteiger partial charge on any atom is 0.243 e. The van der Waals surface area contributed by atoms with Crippen LogP contribution in [-0.4, -0.2) is 45.9 Å². The van der Waals surface area contributed by atoms with Gasteiger partial charge in [-0.2, -0.15) is 4.31 Å². The van der Waals surface area contributed by atoms with Gasteiger partial charge in [0.15, 0.2) is 0 Å². The summed E-state index contributed by atoms with van der Waals surface area (Å²) in [4.78, 5) is 12.9. The van der Waals surface area contributed by atoms with Crippen molar-refractivity contribution in [3.8, 4) is 11.5 Å². The molecule has 1 amide bonds. The Bertz CT molecular complexity index is 1200. The van der Waals surface area contributed by atoms with Crippen LogP contribution in [0.4, 0.5) is 5.69 Å². The van der Waals surface area contributed by atoms with E-state index in [2.05, 4.69) is 5.32 Å². The molecule has 3 aromatic rings. The van der Waals surface area contributed by atoms with Crippen LogP contribution < -0.4 is 14.8 Å². The number of nitrogens with one attached hydrogen (secondary N) is 1. The highest BCUT2D eigenvalue weighted by molar-refractivity contribution is 7.89. The lowest BCUT2D eigenvalue weighted by Gasteiger charge is -2.22. The molecule has 0 saturated carbocycles. The smallest absolute Gasteiger partial charge is 0.243 e. The van der Waals surface area contributed by atoms with Crippen molar-refractivity contribution < 1.29 is 22.7 Å². The van der Waals surface area contributed by atoms with Gasteiger partial charge in [-0.1, -0.05) is 36.4 Å². The van der Waals surface area contributed by atoms with Crippen molar-refractivity contribution >= 4 is 21.6 Å². The predicted octanol–water partition coefficient (Wildman–Crippen LogP) is 3.88. The van der Waals surface area contributed by atoms with Crippen LogP contribution in [0.3, 0.4) is 0 Å². The van der Waals surface area contributed by atoms with Crippen molar-refractivity contribution in [3.63, 3.8) is 0 Å². The Labute approximate surface area is 195 Å². The van der Waals surface area contributed by atoms with Gasteiger partial charge in [0.05, 0.1) is 25.7 Å². The summed E-state index contributed by atoms with van der Waals surface area (Å²) in [5, 5.41) is 2.75. The molecule has 0 saturated heterocycles. The first-order valence-electron chi connectivity index (χ1n) is 10.5. The summed E-state index contributed by atoms with van der Waals surface area (Å²) in [7, 11) is -0.856. The molecule has 0 fully saturated rings. The Kier molecular flexibility index (Phi) is 8.08. The Morgan fingerprint density at radius 3 is 2.36 bits per heavy atom. The lowest BCUT2D eigenvalue weighted by Crippen LogP contribution is -2.39. The predicted molar refractivity (Wildman–Crippen MR) is 128 cm³/mol. The van der Waals surface area contributed by atoms with Gasteiger partial charge in [0.2, 0.25) is 15.9 Å². The molecule has 8 heteroatoms. The average Bonchev–Trinajstić information content (AvgIpc) is 2.82. The summed E-state index contributed by atoms with van der Waals surface area (Å²) in [5.74, 6) is 0.751. The lowest BCUT2D eigenvalue weighted by atomic mass is 10.1. The highest BCUT2D eigenvalue weighted by Gasteiger charge is 2.27. The van der Waals surface area contributed by atoms with Crippen molar-refractivity contribution in [2.45, 2.75) is 18.2 Å². The van der Waals surface area contributed by atoms with Gasteiger partial charge in [-0.05, 0) is 54.8 Å². The van der Waals surface area contributed by atoms with E-state index in [0.29, 0.717) is 29.2 Å². The second-order valence-electron chi connectivity index (χ2n) is 7.49. The van der Waals surface area contributed by atoms with Crippen LogP contribution in [0.25, 0.3) is 0 Å². The van der Waals surface area contributed by atoms with E-state index in [-0.39, 0.29) is 18.0 Å². The zero-order valence-corrected chi connectivity index (χ0v) is 19.8. The highest BCUT2D eigenvalue weighted by atomic mass is 32.2. The second-order valence-corrected chi connectivity index (χ2v) is 9.42. The summed E-state index contributed by atoms with van der Waals surface area (Å²) in [5.41, 5.74) is 2.21. The van der Waals surface area contributed by atoms with Crippen LogP contribution in [-0.2, 0) is 21.2 Å². The molecule has 0 aliphatic carbocycles. The molecule has 33 heavy (non-hydrogen) atoms. The third-order valence-electron chi connectivity index (χ3n) is 5.17. The zero-order valence-electron chi connectivity index (χ0n) is 18.9. The number of rotatable bonds is 10. The van der Waals surface area contributed by atoms with Crippen molar-refractivity contribution in [3.05, 3.63) is 83.9 Å². The second kappa shape index (κ2) is 11.0. The number of sulfonamides is 1. The number of nitrogens with zero attached hydrogens (tertiary/aromatic N) is 1. The molecule has 0 aliphatic heterocycles. The molecule has 0 radical (unpaired) electrons. The first kappa shape index (κ1) is 24.3. The van der Waals surface area contributed by atoms with Gasteiger partial charge in [0.25, 0.3) is 0 Å². The molecular formula is C25H28N2O5S. The fourth-order valence-corrected chi connectivity index (χ4v) is 4.89. The van der Waals surface area contributed by atoms with E-state index in [0.717, 1.165) is 5.56 Å². The quantitative estimate of drug-likeness (QED) is 0.488. The van der Waals surface area contributed by atoms with Crippen LogP contribution in [0.2, 0.25) is 0 Å². The summed E-state index contributed by atoms with van der Waals surface area (Å²) in [6.07, 6.45) is 0.474. The Morgan fingerprint density at radius 2 is 1.70 bits per heavy atom. The molecule has 0 aliphatic rings. The van der Waals surface area contributed by atoms with E-state index in [1.165, 1.54) is 24.6 Å². The molecule has 0 unspecified atom stereocenters. The number of benzene rings is 3. The Morgan fingerprint density at radius 1 is 0.939 bits per heavy atom. The number of ether oxygens (including phenoxy) is 2. The Hall–Kier alpha value is -3.36. The molecule has 0 aromatic heterocycles. The van der Waals surface area contributed by atoms with E-state index >= 15 is 0 Å².